The van der Waals surface area contributed by atoms with E-state index in [1.165, 1.54) is 12.3 Å². The maximum Gasteiger partial charge on any atom is 0.262 e. The lowest BCUT2D eigenvalue weighted by atomic mass is 10.2. The van der Waals surface area contributed by atoms with E-state index in [1.54, 1.807) is 31.4 Å². The largest absolute Gasteiger partial charge is 0.496 e. The van der Waals surface area contributed by atoms with Crippen molar-refractivity contribution < 1.29 is 9.26 Å². The van der Waals surface area contributed by atoms with Crippen LogP contribution in [0.2, 0.25) is 5.02 Å². The number of nitrogens with zero attached hydrogens (tertiary/aromatic N) is 2. The summed E-state index contributed by atoms with van der Waals surface area (Å²) < 4.78 is 10.5. The Morgan fingerprint density at radius 1 is 1.29 bits per heavy atom. The lowest BCUT2D eigenvalue weighted by molar-refractivity contribution is 0.405. The van der Waals surface area contributed by atoms with E-state index in [0.717, 1.165) is 0 Å². The zero-order valence-electron chi connectivity index (χ0n) is 11.0. The van der Waals surface area contributed by atoms with E-state index in [-0.39, 0.29) is 11.4 Å². The van der Waals surface area contributed by atoms with Crippen molar-refractivity contribution in [1.29, 1.82) is 0 Å². The third-order valence-electron chi connectivity index (χ3n) is 2.86. The Morgan fingerprint density at radius 3 is 2.86 bits per heavy atom. The van der Waals surface area contributed by atoms with E-state index in [0.29, 0.717) is 27.7 Å². The molecule has 2 heterocycles. The van der Waals surface area contributed by atoms with Gasteiger partial charge in [0.2, 0.25) is 11.4 Å². The van der Waals surface area contributed by atoms with Gasteiger partial charge in [0.25, 0.3) is 5.89 Å². The van der Waals surface area contributed by atoms with Crippen molar-refractivity contribution >= 4 is 11.6 Å². The number of benzene rings is 1. The molecule has 6 nitrogen and oxygen atoms in total. The summed E-state index contributed by atoms with van der Waals surface area (Å²) in [6.45, 7) is 0. The van der Waals surface area contributed by atoms with Gasteiger partial charge in [0.05, 0.1) is 12.7 Å². The molecule has 0 radical (unpaired) electrons. The first-order valence-electron chi connectivity index (χ1n) is 6.04. The van der Waals surface area contributed by atoms with Crippen LogP contribution < -0.4 is 10.3 Å². The Bertz CT molecular complexity index is 821. The summed E-state index contributed by atoms with van der Waals surface area (Å²) in [5.41, 5.74) is 1.05. The van der Waals surface area contributed by atoms with E-state index in [9.17, 15) is 4.79 Å². The highest BCUT2D eigenvalue weighted by atomic mass is 35.5. The molecule has 0 saturated heterocycles. The highest BCUT2D eigenvalue weighted by Crippen LogP contribution is 2.32. The summed E-state index contributed by atoms with van der Waals surface area (Å²) in [7, 11) is 1.55. The molecule has 0 aliphatic carbocycles. The zero-order valence-corrected chi connectivity index (χ0v) is 11.7. The van der Waals surface area contributed by atoms with Crippen molar-refractivity contribution in [3.63, 3.8) is 0 Å². The smallest absolute Gasteiger partial charge is 0.262 e. The predicted octanol–water partition coefficient (Wildman–Crippen LogP) is 2.75. The quantitative estimate of drug-likeness (QED) is 0.804. The number of methoxy groups -OCH3 is 1. The van der Waals surface area contributed by atoms with Gasteiger partial charge < -0.3 is 14.2 Å². The molecule has 2 aromatic heterocycles. The number of rotatable bonds is 3. The van der Waals surface area contributed by atoms with Gasteiger partial charge in [-0.05, 0) is 24.3 Å². The molecule has 0 saturated carbocycles. The second kappa shape index (κ2) is 5.41. The van der Waals surface area contributed by atoms with E-state index in [4.69, 9.17) is 20.9 Å². The van der Waals surface area contributed by atoms with Crippen LogP contribution in [0.25, 0.3) is 22.8 Å². The molecule has 0 spiro atoms. The third kappa shape index (κ3) is 2.66. The number of hydrogen-bond donors (Lipinski definition) is 1. The topological polar surface area (TPSA) is 81.0 Å². The fourth-order valence-corrected chi connectivity index (χ4v) is 2.02. The highest BCUT2D eigenvalue weighted by molar-refractivity contribution is 6.30. The molecule has 0 amide bonds. The fraction of sp³-hybridized carbons (Fsp3) is 0.0714. The van der Waals surface area contributed by atoms with Crippen LogP contribution in [0.3, 0.4) is 0 Å². The lowest BCUT2D eigenvalue weighted by Crippen LogP contribution is -2.01. The third-order valence-corrected chi connectivity index (χ3v) is 3.10. The first kappa shape index (κ1) is 13.4. The number of H-pyrrole nitrogens is 1. The van der Waals surface area contributed by atoms with Crippen LogP contribution in [0.15, 0.2) is 45.8 Å². The lowest BCUT2D eigenvalue weighted by Gasteiger charge is -2.04. The summed E-state index contributed by atoms with van der Waals surface area (Å²) in [6.07, 6.45) is 1.52. The van der Waals surface area contributed by atoms with Crippen molar-refractivity contribution in [2.24, 2.45) is 0 Å². The maximum atomic E-state index is 11.0. The van der Waals surface area contributed by atoms with E-state index < -0.39 is 0 Å². The molecule has 3 aromatic rings. The molecule has 0 atom stereocenters. The molecule has 3 rings (SSSR count). The fourth-order valence-electron chi connectivity index (χ4n) is 1.85. The van der Waals surface area contributed by atoms with Gasteiger partial charge >= 0.3 is 0 Å². The van der Waals surface area contributed by atoms with Crippen LogP contribution in [0.5, 0.6) is 5.75 Å². The minimum Gasteiger partial charge on any atom is -0.496 e. The number of pyridine rings is 1. The number of ether oxygens (including phenoxy) is 1. The molecule has 0 unspecified atom stereocenters. The molecule has 0 aliphatic heterocycles. The average Bonchev–Trinajstić information content (AvgIpc) is 2.97. The molecule has 0 aliphatic rings. The molecule has 106 valence electrons. The minimum atomic E-state index is -0.195. The highest BCUT2D eigenvalue weighted by Gasteiger charge is 2.15. The van der Waals surface area contributed by atoms with E-state index in [2.05, 4.69) is 15.1 Å². The van der Waals surface area contributed by atoms with Crippen molar-refractivity contribution in [2.45, 2.75) is 0 Å². The molecule has 0 fully saturated rings. The van der Waals surface area contributed by atoms with Gasteiger partial charge in [-0.3, -0.25) is 4.79 Å². The summed E-state index contributed by atoms with van der Waals surface area (Å²) in [6, 6.07) is 8.13. The Hall–Kier alpha value is -2.60. The predicted molar refractivity (Wildman–Crippen MR) is 77.4 cm³/mol. The first-order valence-corrected chi connectivity index (χ1v) is 6.42. The number of hydrogen-bond acceptors (Lipinski definition) is 5. The van der Waals surface area contributed by atoms with Crippen molar-refractivity contribution in [3.05, 3.63) is 51.9 Å². The Kier molecular flexibility index (Phi) is 3.45. The summed E-state index contributed by atoms with van der Waals surface area (Å²) >= 11 is 5.98. The number of aromatic amines is 1. The standard InChI is InChI=1S/C14H10ClN3O3/c1-20-11-4-3-9(15)6-10(11)14-17-13(18-21-14)8-2-5-12(19)16-7-8/h2-7H,1H3,(H,16,19). The second-order valence-electron chi connectivity index (χ2n) is 4.21. The molecule has 21 heavy (non-hydrogen) atoms. The SMILES string of the molecule is COc1ccc(Cl)cc1-c1nc(-c2ccc(=O)[nH]c2)no1. The van der Waals surface area contributed by atoms with Gasteiger partial charge in [-0.15, -0.1) is 0 Å². The van der Waals surface area contributed by atoms with Crippen LogP contribution in [0.4, 0.5) is 0 Å². The van der Waals surface area contributed by atoms with Crippen LogP contribution >= 0.6 is 11.6 Å². The zero-order chi connectivity index (χ0) is 14.8. The van der Waals surface area contributed by atoms with Crippen molar-refractivity contribution in [3.8, 4) is 28.6 Å². The minimum absolute atomic E-state index is 0.195. The molecule has 1 N–H and O–H groups in total. The number of nitrogens with one attached hydrogen (secondary N) is 1. The van der Waals surface area contributed by atoms with Gasteiger partial charge in [-0.2, -0.15) is 4.98 Å². The van der Waals surface area contributed by atoms with Gasteiger partial charge in [0, 0.05) is 22.8 Å². The molecule has 7 heteroatoms. The summed E-state index contributed by atoms with van der Waals surface area (Å²) in [4.78, 5) is 17.9. The summed E-state index contributed by atoms with van der Waals surface area (Å²) in [5, 5.41) is 4.43. The Balaban J connectivity index is 2.04. The average molecular weight is 304 g/mol. The maximum absolute atomic E-state index is 11.0. The molecular formula is C14H10ClN3O3. The van der Waals surface area contributed by atoms with Crippen molar-refractivity contribution in [1.82, 2.24) is 15.1 Å². The van der Waals surface area contributed by atoms with Crippen LogP contribution in [0.1, 0.15) is 0 Å². The van der Waals surface area contributed by atoms with Crippen LogP contribution in [-0.4, -0.2) is 22.2 Å². The van der Waals surface area contributed by atoms with E-state index in [1.807, 2.05) is 0 Å². The van der Waals surface area contributed by atoms with E-state index >= 15 is 0 Å². The molecule has 0 bridgehead atoms. The summed E-state index contributed by atoms with van der Waals surface area (Å²) in [5.74, 6) is 1.23. The monoisotopic (exact) mass is 303 g/mol. The second-order valence-corrected chi connectivity index (χ2v) is 4.65. The van der Waals surface area contributed by atoms with Crippen LogP contribution in [-0.2, 0) is 0 Å². The normalized spacial score (nSPS) is 10.6. The van der Waals surface area contributed by atoms with Crippen molar-refractivity contribution in [2.75, 3.05) is 7.11 Å². The molecule has 1 aromatic carbocycles. The Labute approximate surface area is 124 Å². The number of aromatic nitrogens is 3. The number of halogens is 1. The molecular weight excluding hydrogens is 294 g/mol. The first-order chi connectivity index (χ1) is 10.2. The van der Waals surface area contributed by atoms with Gasteiger partial charge in [0.1, 0.15) is 5.75 Å². The van der Waals surface area contributed by atoms with Crippen LogP contribution in [0, 0.1) is 0 Å². The van der Waals surface area contributed by atoms with Gasteiger partial charge in [-0.1, -0.05) is 16.8 Å². The Morgan fingerprint density at radius 2 is 2.14 bits per heavy atom. The van der Waals surface area contributed by atoms with Gasteiger partial charge in [-0.25, -0.2) is 0 Å². The van der Waals surface area contributed by atoms with Gasteiger partial charge in [0.15, 0.2) is 0 Å².